The molecule has 1 saturated heterocycles. The standard InChI is InChI=1S/C19H25N3O3S/c1-3-4-9-20-17(23)14-6-5-12(2)22(11-14)18(24)13-7-8-15-16(10-13)25-19(26)21-15/h7-8,10,12,14H,3-6,9,11H2,1-2H3,(H,20,23)(H,21,26)/t12-,14-/m1/s1. The predicted octanol–water partition coefficient (Wildman–Crippen LogP) is 3.65. The van der Waals surface area contributed by atoms with Crippen LogP contribution in [0.5, 0.6) is 0 Å². The number of hydrogen-bond donors (Lipinski definition) is 2. The first-order chi connectivity index (χ1) is 12.5. The minimum atomic E-state index is -0.146. The summed E-state index contributed by atoms with van der Waals surface area (Å²) < 4.78 is 5.41. The summed E-state index contributed by atoms with van der Waals surface area (Å²) in [6, 6.07) is 5.38. The number of benzene rings is 1. The van der Waals surface area contributed by atoms with Gasteiger partial charge in [-0.25, -0.2) is 0 Å². The lowest BCUT2D eigenvalue weighted by Crippen LogP contribution is -2.49. The van der Waals surface area contributed by atoms with E-state index in [1.165, 1.54) is 0 Å². The first kappa shape index (κ1) is 18.6. The second-order valence-corrected chi connectivity index (χ2v) is 7.32. The number of aromatic amines is 1. The number of amides is 2. The molecule has 1 aliphatic heterocycles. The van der Waals surface area contributed by atoms with Crippen molar-refractivity contribution in [3.63, 3.8) is 0 Å². The number of carbonyl (C=O) groups excluding carboxylic acids is 2. The summed E-state index contributed by atoms with van der Waals surface area (Å²) in [5, 5.41) is 2.99. The zero-order valence-electron chi connectivity index (χ0n) is 15.2. The van der Waals surface area contributed by atoms with Crippen LogP contribution in [0, 0.1) is 10.8 Å². The molecule has 2 amide bonds. The van der Waals surface area contributed by atoms with E-state index >= 15 is 0 Å². The molecule has 2 atom stereocenters. The van der Waals surface area contributed by atoms with Crippen LogP contribution in [0.25, 0.3) is 11.1 Å². The molecule has 1 fully saturated rings. The van der Waals surface area contributed by atoms with Gasteiger partial charge >= 0.3 is 0 Å². The molecule has 0 saturated carbocycles. The van der Waals surface area contributed by atoms with Gasteiger partial charge in [-0.05, 0) is 56.6 Å². The number of aromatic nitrogens is 1. The van der Waals surface area contributed by atoms with Gasteiger partial charge in [-0.1, -0.05) is 13.3 Å². The molecule has 0 spiro atoms. The molecule has 2 heterocycles. The Balaban J connectivity index is 1.73. The number of H-pyrrole nitrogens is 1. The molecule has 0 aliphatic carbocycles. The molecule has 6 nitrogen and oxygen atoms in total. The Hall–Kier alpha value is -2.15. The second-order valence-electron chi connectivity index (χ2n) is 6.95. The van der Waals surface area contributed by atoms with Crippen molar-refractivity contribution < 1.29 is 14.0 Å². The average molecular weight is 375 g/mol. The summed E-state index contributed by atoms with van der Waals surface area (Å²) in [5.74, 6) is -0.172. The SMILES string of the molecule is CCCCNC(=O)[C@@H]1CC[C@@H](C)N(C(=O)c2ccc3[nH]c(=S)oc3c2)C1. The third-order valence-electron chi connectivity index (χ3n) is 5.01. The van der Waals surface area contributed by atoms with E-state index in [0.29, 0.717) is 29.1 Å². The van der Waals surface area contributed by atoms with Gasteiger partial charge in [-0.3, -0.25) is 9.59 Å². The molecule has 140 valence electrons. The van der Waals surface area contributed by atoms with E-state index in [9.17, 15) is 9.59 Å². The van der Waals surface area contributed by atoms with Gasteiger partial charge in [0, 0.05) is 24.7 Å². The van der Waals surface area contributed by atoms with Crippen LogP contribution in [0.15, 0.2) is 22.6 Å². The highest BCUT2D eigenvalue weighted by atomic mass is 32.1. The molecule has 1 aromatic carbocycles. The van der Waals surface area contributed by atoms with Gasteiger partial charge in [0.15, 0.2) is 5.58 Å². The molecule has 2 aromatic rings. The van der Waals surface area contributed by atoms with Crippen LogP contribution in [0.4, 0.5) is 0 Å². The minimum Gasteiger partial charge on any atom is -0.429 e. The van der Waals surface area contributed by atoms with Crippen LogP contribution < -0.4 is 5.32 Å². The van der Waals surface area contributed by atoms with Crippen LogP contribution in [0.2, 0.25) is 0 Å². The zero-order valence-corrected chi connectivity index (χ0v) is 16.0. The van der Waals surface area contributed by atoms with E-state index in [1.54, 1.807) is 23.1 Å². The molecular weight excluding hydrogens is 350 g/mol. The molecular formula is C19H25N3O3S. The summed E-state index contributed by atoms with van der Waals surface area (Å²) in [4.78, 5) is 30.4. The molecule has 2 N–H and O–H groups in total. The smallest absolute Gasteiger partial charge is 0.266 e. The Morgan fingerprint density at radius 1 is 1.38 bits per heavy atom. The van der Waals surface area contributed by atoms with Crippen molar-refractivity contribution in [2.45, 2.75) is 45.6 Å². The van der Waals surface area contributed by atoms with Crippen LogP contribution in [-0.2, 0) is 4.79 Å². The predicted molar refractivity (Wildman–Crippen MR) is 103 cm³/mol. The lowest BCUT2D eigenvalue weighted by Gasteiger charge is -2.37. The van der Waals surface area contributed by atoms with Crippen molar-refractivity contribution in [2.75, 3.05) is 13.1 Å². The summed E-state index contributed by atoms with van der Waals surface area (Å²) in [7, 11) is 0. The number of rotatable bonds is 5. The fourth-order valence-corrected chi connectivity index (χ4v) is 3.58. The summed E-state index contributed by atoms with van der Waals surface area (Å²) in [5.41, 5.74) is 1.89. The van der Waals surface area contributed by atoms with Gasteiger partial charge < -0.3 is 19.6 Å². The second kappa shape index (κ2) is 8.03. The lowest BCUT2D eigenvalue weighted by atomic mass is 9.92. The Morgan fingerprint density at radius 3 is 2.96 bits per heavy atom. The average Bonchev–Trinajstić information content (AvgIpc) is 3.00. The molecule has 1 aliphatic rings. The van der Waals surface area contributed by atoms with Gasteiger partial charge in [0.05, 0.1) is 11.4 Å². The van der Waals surface area contributed by atoms with E-state index < -0.39 is 0 Å². The van der Waals surface area contributed by atoms with Crippen LogP contribution in [-0.4, -0.2) is 40.8 Å². The minimum absolute atomic E-state index is 0.0509. The molecule has 0 unspecified atom stereocenters. The molecule has 7 heteroatoms. The third kappa shape index (κ3) is 3.98. The molecule has 0 bridgehead atoms. The first-order valence-corrected chi connectivity index (χ1v) is 9.62. The molecule has 26 heavy (non-hydrogen) atoms. The highest BCUT2D eigenvalue weighted by molar-refractivity contribution is 7.71. The number of nitrogens with one attached hydrogen (secondary N) is 2. The van der Waals surface area contributed by atoms with Crippen molar-refractivity contribution in [1.29, 1.82) is 0 Å². The largest absolute Gasteiger partial charge is 0.429 e. The fourth-order valence-electron chi connectivity index (χ4n) is 3.38. The van der Waals surface area contributed by atoms with Crippen molar-refractivity contribution in [1.82, 2.24) is 15.2 Å². The Kier molecular flexibility index (Phi) is 5.76. The first-order valence-electron chi connectivity index (χ1n) is 9.21. The normalized spacial score (nSPS) is 20.3. The lowest BCUT2D eigenvalue weighted by molar-refractivity contribution is -0.126. The number of fused-ring (bicyclic) bond motifs is 1. The van der Waals surface area contributed by atoms with E-state index in [1.807, 2.05) is 6.92 Å². The van der Waals surface area contributed by atoms with E-state index in [-0.39, 0.29) is 23.8 Å². The van der Waals surface area contributed by atoms with Crippen LogP contribution in [0.3, 0.4) is 0 Å². The van der Waals surface area contributed by atoms with Crippen molar-refractivity contribution in [2.24, 2.45) is 5.92 Å². The highest BCUT2D eigenvalue weighted by Gasteiger charge is 2.33. The monoisotopic (exact) mass is 375 g/mol. The number of oxazole rings is 1. The van der Waals surface area contributed by atoms with Gasteiger partial charge in [-0.2, -0.15) is 0 Å². The molecule has 0 radical (unpaired) electrons. The Bertz CT molecular complexity index is 857. The maximum atomic E-state index is 13.0. The van der Waals surface area contributed by atoms with Crippen molar-refractivity contribution in [3.05, 3.63) is 28.6 Å². The highest BCUT2D eigenvalue weighted by Crippen LogP contribution is 2.25. The number of likely N-dealkylation sites (tertiary alicyclic amines) is 1. The third-order valence-corrected chi connectivity index (χ3v) is 5.20. The summed E-state index contributed by atoms with van der Waals surface area (Å²) >= 11 is 4.99. The van der Waals surface area contributed by atoms with Crippen LogP contribution in [0.1, 0.15) is 49.9 Å². The zero-order chi connectivity index (χ0) is 18.7. The maximum absolute atomic E-state index is 13.0. The number of piperidine rings is 1. The van der Waals surface area contributed by atoms with Gasteiger partial charge in [0.1, 0.15) is 0 Å². The number of hydrogen-bond acceptors (Lipinski definition) is 4. The van der Waals surface area contributed by atoms with Crippen molar-refractivity contribution in [3.8, 4) is 0 Å². The van der Waals surface area contributed by atoms with E-state index in [4.69, 9.17) is 16.6 Å². The van der Waals surface area contributed by atoms with E-state index in [0.717, 1.165) is 31.2 Å². The van der Waals surface area contributed by atoms with E-state index in [2.05, 4.69) is 17.2 Å². The van der Waals surface area contributed by atoms with Crippen LogP contribution >= 0.6 is 12.2 Å². The number of nitrogens with zero attached hydrogens (tertiary/aromatic N) is 1. The number of carbonyl (C=O) groups is 2. The fraction of sp³-hybridized carbons (Fsp3) is 0.526. The van der Waals surface area contributed by atoms with Gasteiger partial charge in [-0.15, -0.1) is 0 Å². The van der Waals surface area contributed by atoms with Gasteiger partial charge in [0.25, 0.3) is 10.7 Å². The Labute approximate surface area is 157 Å². The van der Waals surface area contributed by atoms with Crippen molar-refractivity contribution >= 4 is 35.1 Å². The topological polar surface area (TPSA) is 78.3 Å². The Morgan fingerprint density at radius 2 is 2.19 bits per heavy atom. The summed E-state index contributed by atoms with van der Waals surface area (Å²) in [6.45, 7) is 5.28. The molecule has 3 rings (SSSR count). The maximum Gasteiger partial charge on any atom is 0.266 e. The molecule has 1 aromatic heterocycles. The number of unbranched alkanes of at least 4 members (excludes halogenated alkanes) is 1. The summed E-state index contributed by atoms with van der Waals surface area (Å²) in [6.07, 6.45) is 3.66. The van der Waals surface area contributed by atoms with Gasteiger partial charge in [0.2, 0.25) is 5.91 Å². The quantitative estimate of drug-likeness (QED) is 0.618.